The Hall–Kier alpha value is -2.41. The molecule has 2 rings (SSSR count). The summed E-state index contributed by atoms with van der Waals surface area (Å²) < 4.78 is 0. The van der Waals surface area contributed by atoms with Gasteiger partial charge in [-0.1, -0.05) is 62.0 Å². The number of nitrogens with zero attached hydrogens (tertiary/aromatic N) is 1. The zero-order valence-electron chi connectivity index (χ0n) is 12.7. The van der Waals surface area contributed by atoms with Crippen molar-refractivity contribution in [1.29, 1.82) is 0 Å². The molecule has 2 aromatic carbocycles. The Balaban J connectivity index is 2.36. The van der Waals surface area contributed by atoms with E-state index in [1.807, 2.05) is 13.1 Å². The summed E-state index contributed by atoms with van der Waals surface area (Å²) in [6, 6.07) is 17.3. The number of benzene rings is 2. The molecule has 0 bridgehead atoms. The van der Waals surface area contributed by atoms with Crippen LogP contribution < -0.4 is 0 Å². The van der Waals surface area contributed by atoms with E-state index in [1.165, 1.54) is 22.3 Å². The van der Waals surface area contributed by atoms with Gasteiger partial charge in [-0.25, -0.2) is 0 Å². The molecule has 0 atom stereocenters. The largest absolute Gasteiger partial charge is 0.265 e. The lowest BCUT2D eigenvalue weighted by atomic mass is 9.98. The molecule has 0 radical (unpaired) electrons. The van der Waals surface area contributed by atoms with Crippen molar-refractivity contribution < 1.29 is 0 Å². The highest BCUT2D eigenvalue weighted by atomic mass is 14.7. The molecule has 0 spiro atoms. The Morgan fingerprint density at radius 2 is 1.86 bits per heavy atom. The average Bonchev–Trinajstić information content (AvgIpc) is 2.56. The van der Waals surface area contributed by atoms with Gasteiger partial charge in [0.05, 0.1) is 0 Å². The van der Waals surface area contributed by atoms with Crippen LogP contribution in [0, 0.1) is 0 Å². The number of allylic oxidation sites excluding steroid dienone is 2. The second-order valence-corrected chi connectivity index (χ2v) is 4.84. The normalized spacial score (nSPS) is 11.8. The smallest absolute Gasteiger partial charge is 0.0342 e. The zero-order chi connectivity index (χ0) is 15.1. The van der Waals surface area contributed by atoms with E-state index >= 15 is 0 Å². The van der Waals surface area contributed by atoms with Crippen LogP contribution in [-0.2, 0) is 6.42 Å². The molecule has 0 heterocycles. The quantitative estimate of drug-likeness (QED) is 0.636. The van der Waals surface area contributed by atoms with Crippen LogP contribution in [0.2, 0.25) is 0 Å². The van der Waals surface area contributed by atoms with Gasteiger partial charge < -0.3 is 0 Å². The highest BCUT2D eigenvalue weighted by Gasteiger charge is 2.02. The van der Waals surface area contributed by atoms with Crippen LogP contribution >= 0.6 is 0 Å². The maximum atomic E-state index is 4.12. The fourth-order valence-corrected chi connectivity index (χ4v) is 2.26. The first-order valence-electron chi connectivity index (χ1n) is 7.28. The molecule has 0 aliphatic heterocycles. The van der Waals surface area contributed by atoms with Gasteiger partial charge in [0.25, 0.3) is 0 Å². The van der Waals surface area contributed by atoms with E-state index in [2.05, 4.69) is 73.1 Å². The van der Waals surface area contributed by atoms with Crippen molar-refractivity contribution in [3.8, 4) is 11.1 Å². The molecular weight excluding hydrogens is 254 g/mol. The molecule has 0 fully saturated rings. The average molecular weight is 275 g/mol. The first-order chi connectivity index (χ1) is 10.3. The van der Waals surface area contributed by atoms with Crippen LogP contribution in [-0.4, -0.2) is 6.21 Å². The minimum atomic E-state index is 1.07. The molecule has 21 heavy (non-hydrogen) atoms. The molecular formula is C20H21N. The second kappa shape index (κ2) is 7.39. The van der Waals surface area contributed by atoms with Crippen molar-refractivity contribution in [3.05, 3.63) is 78.5 Å². The Bertz CT molecular complexity index is 660. The molecule has 106 valence electrons. The Kier molecular flexibility index (Phi) is 5.28. The van der Waals surface area contributed by atoms with Crippen LogP contribution in [0.4, 0.5) is 0 Å². The summed E-state index contributed by atoms with van der Waals surface area (Å²) in [6.45, 7) is 7.81. The summed E-state index contributed by atoms with van der Waals surface area (Å²) in [5.74, 6) is 0. The van der Waals surface area contributed by atoms with Gasteiger partial charge in [0.15, 0.2) is 0 Å². The van der Waals surface area contributed by atoms with Crippen molar-refractivity contribution in [1.82, 2.24) is 0 Å². The summed E-state index contributed by atoms with van der Waals surface area (Å²) in [5.41, 5.74) is 6.09. The Labute approximate surface area is 127 Å². The summed E-state index contributed by atoms with van der Waals surface area (Å²) in [7, 11) is 0. The summed E-state index contributed by atoms with van der Waals surface area (Å²) in [6.07, 6.45) is 6.52. The molecule has 0 saturated heterocycles. The van der Waals surface area contributed by atoms with Crippen LogP contribution in [0.5, 0.6) is 0 Å². The maximum absolute atomic E-state index is 4.12. The van der Waals surface area contributed by atoms with Crippen LogP contribution in [0.3, 0.4) is 0 Å². The minimum Gasteiger partial charge on any atom is -0.265 e. The summed E-state index contributed by atoms with van der Waals surface area (Å²) in [5, 5.41) is 0. The number of aliphatic imine (C=N–C) groups is 1. The number of hydrogen-bond donors (Lipinski definition) is 0. The lowest BCUT2D eigenvalue weighted by molar-refractivity contribution is 1.14. The van der Waals surface area contributed by atoms with Gasteiger partial charge >= 0.3 is 0 Å². The third kappa shape index (κ3) is 3.79. The first-order valence-corrected chi connectivity index (χ1v) is 7.28. The van der Waals surface area contributed by atoms with Gasteiger partial charge in [-0.3, -0.25) is 4.99 Å². The maximum Gasteiger partial charge on any atom is 0.0342 e. The number of rotatable bonds is 5. The van der Waals surface area contributed by atoms with Gasteiger partial charge in [0, 0.05) is 12.4 Å². The Morgan fingerprint density at radius 3 is 2.48 bits per heavy atom. The lowest BCUT2D eigenvalue weighted by Gasteiger charge is -2.07. The van der Waals surface area contributed by atoms with E-state index in [1.54, 1.807) is 6.20 Å². The fourth-order valence-electron chi connectivity index (χ4n) is 2.26. The molecule has 1 nitrogen and oxygen atoms in total. The third-order valence-corrected chi connectivity index (χ3v) is 3.52. The molecule has 0 N–H and O–H groups in total. The lowest BCUT2D eigenvalue weighted by Crippen LogP contribution is -1.87. The molecule has 0 aromatic heterocycles. The number of aryl methyl sites for hydroxylation is 1. The monoisotopic (exact) mass is 275 g/mol. The standard InChI is InChI=1S/C20H21N/c1-4-16-10-12-18(13-11-16)20-9-7-8-19(14-20)17(5-2)15-21-6-3/h5-15H,3-4H2,1-2H3/b17-5+,21-15?. The van der Waals surface area contributed by atoms with E-state index in [4.69, 9.17) is 0 Å². The van der Waals surface area contributed by atoms with Crippen molar-refractivity contribution in [2.75, 3.05) is 0 Å². The summed E-state index contributed by atoms with van der Waals surface area (Å²) >= 11 is 0. The SMILES string of the molecule is C=CN=C/C(=C\C)c1cccc(-c2ccc(CC)cc2)c1. The topological polar surface area (TPSA) is 12.4 Å². The highest BCUT2D eigenvalue weighted by Crippen LogP contribution is 2.24. The van der Waals surface area contributed by atoms with E-state index in [-0.39, 0.29) is 0 Å². The second-order valence-electron chi connectivity index (χ2n) is 4.84. The zero-order valence-corrected chi connectivity index (χ0v) is 12.7. The first kappa shape index (κ1) is 15.0. The van der Waals surface area contributed by atoms with Crippen LogP contribution in [0.1, 0.15) is 25.0 Å². The predicted octanol–water partition coefficient (Wildman–Crippen LogP) is 5.53. The molecule has 0 unspecified atom stereocenters. The van der Waals surface area contributed by atoms with E-state index in [9.17, 15) is 0 Å². The molecule has 0 saturated carbocycles. The highest BCUT2D eigenvalue weighted by molar-refractivity contribution is 6.10. The van der Waals surface area contributed by atoms with Crippen molar-refractivity contribution in [2.24, 2.45) is 4.99 Å². The van der Waals surface area contributed by atoms with Crippen molar-refractivity contribution in [2.45, 2.75) is 20.3 Å². The minimum absolute atomic E-state index is 1.07. The van der Waals surface area contributed by atoms with Crippen molar-refractivity contribution in [3.63, 3.8) is 0 Å². The van der Waals surface area contributed by atoms with Gasteiger partial charge in [-0.05, 0) is 47.2 Å². The van der Waals surface area contributed by atoms with Gasteiger partial charge in [-0.15, -0.1) is 0 Å². The third-order valence-electron chi connectivity index (χ3n) is 3.52. The van der Waals surface area contributed by atoms with Crippen LogP contribution in [0.15, 0.2) is 72.4 Å². The van der Waals surface area contributed by atoms with Crippen molar-refractivity contribution >= 4 is 11.8 Å². The van der Waals surface area contributed by atoms with E-state index < -0.39 is 0 Å². The van der Waals surface area contributed by atoms with Gasteiger partial charge in [-0.2, -0.15) is 0 Å². The number of hydrogen-bond acceptors (Lipinski definition) is 1. The Morgan fingerprint density at radius 1 is 1.10 bits per heavy atom. The van der Waals surface area contributed by atoms with Gasteiger partial charge in [0.1, 0.15) is 0 Å². The van der Waals surface area contributed by atoms with Gasteiger partial charge in [0.2, 0.25) is 0 Å². The molecule has 0 aliphatic carbocycles. The summed E-state index contributed by atoms with van der Waals surface area (Å²) in [4.78, 5) is 4.12. The van der Waals surface area contributed by atoms with Crippen LogP contribution in [0.25, 0.3) is 16.7 Å². The van der Waals surface area contributed by atoms with E-state index in [0.717, 1.165) is 12.0 Å². The molecule has 0 aliphatic rings. The molecule has 2 aromatic rings. The molecule has 1 heteroatoms. The fraction of sp³-hybridized carbons (Fsp3) is 0.150. The van der Waals surface area contributed by atoms with E-state index in [0.29, 0.717) is 0 Å². The molecule has 0 amide bonds. The predicted molar refractivity (Wildman–Crippen MR) is 93.6 cm³/mol.